The number of esters is 1. The van der Waals surface area contributed by atoms with E-state index in [1.165, 1.54) is 26.1 Å². The van der Waals surface area contributed by atoms with Gasteiger partial charge in [0.25, 0.3) is 0 Å². The second-order valence-electron chi connectivity index (χ2n) is 7.43. The number of sulfonamides is 1. The Morgan fingerprint density at radius 3 is 2.06 bits per heavy atom. The molecule has 0 fully saturated rings. The minimum absolute atomic E-state index is 0.0396. The maximum absolute atomic E-state index is 12.9. The summed E-state index contributed by atoms with van der Waals surface area (Å²) in [6.07, 6.45) is 0. The molecule has 0 radical (unpaired) electrons. The summed E-state index contributed by atoms with van der Waals surface area (Å²) in [5, 5.41) is 0. The van der Waals surface area contributed by atoms with Crippen LogP contribution in [0.25, 0.3) is 0 Å². The van der Waals surface area contributed by atoms with Crippen molar-refractivity contribution in [2.24, 2.45) is 0 Å². The molecule has 0 aliphatic heterocycles. The van der Waals surface area contributed by atoms with Gasteiger partial charge >= 0.3 is 5.97 Å². The van der Waals surface area contributed by atoms with Gasteiger partial charge in [-0.25, -0.2) is 13.2 Å². The van der Waals surface area contributed by atoms with E-state index in [1.54, 1.807) is 43.3 Å². The van der Waals surface area contributed by atoms with Crippen molar-refractivity contribution in [3.8, 4) is 29.1 Å². The van der Waals surface area contributed by atoms with Gasteiger partial charge in [0.05, 0.1) is 4.90 Å². The highest BCUT2D eigenvalue weighted by Crippen LogP contribution is 2.22. The zero-order chi connectivity index (χ0) is 24.4. The third kappa shape index (κ3) is 7.79. The topological polar surface area (TPSA) is 85.4 Å². The Morgan fingerprint density at radius 2 is 1.48 bits per heavy atom. The Kier molecular flexibility index (Phi) is 9.73. The maximum atomic E-state index is 12.9. The smallest absolute Gasteiger partial charge is 0.329 e. The number of nitrogens with zero attached hydrogens (tertiary/aromatic N) is 2. The van der Waals surface area contributed by atoms with E-state index in [0.717, 1.165) is 10.8 Å². The Morgan fingerprint density at radius 1 is 0.939 bits per heavy atom. The Hall–Kier alpha value is -3.06. The summed E-state index contributed by atoms with van der Waals surface area (Å²) in [5.41, 5.74) is 0. The van der Waals surface area contributed by atoms with Crippen LogP contribution in [0, 0.1) is 11.8 Å². The number of ether oxygens (including phenoxy) is 3. The van der Waals surface area contributed by atoms with Gasteiger partial charge in [-0.3, -0.25) is 0 Å². The van der Waals surface area contributed by atoms with Gasteiger partial charge in [-0.15, -0.1) is 5.92 Å². The molecule has 0 aromatic heterocycles. The standard InChI is InChI=1S/C24H30N2O6S/c1-6-7-17-30-21-12-14-23(15-13-21)33(28,29)26(5)19(2)24(27)32-22-10-8-20(9-11-22)31-18-16-25(3)4/h8-15,19H,16-18H2,1-5H3. The molecule has 0 amide bonds. The number of hydrogen-bond donors (Lipinski definition) is 0. The molecule has 0 aliphatic carbocycles. The van der Waals surface area contributed by atoms with Crippen LogP contribution >= 0.6 is 0 Å². The number of rotatable bonds is 11. The summed E-state index contributed by atoms with van der Waals surface area (Å²) >= 11 is 0. The van der Waals surface area contributed by atoms with Crippen molar-refractivity contribution in [1.82, 2.24) is 9.21 Å². The minimum atomic E-state index is -3.92. The van der Waals surface area contributed by atoms with Gasteiger partial charge in [0, 0.05) is 13.6 Å². The van der Waals surface area contributed by atoms with Gasteiger partial charge < -0.3 is 19.1 Å². The van der Waals surface area contributed by atoms with Crippen LogP contribution in [0.5, 0.6) is 17.2 Å². The van der Waals surface area contributed by atoms with Crippen molar-refractivity contribution in [2.75, 3.05) is 40.9 Å². The normalized spacial score (nSPS) is 12.1. The quantitative estimate of drug-likeness (QED) is 0.281. The fourth-order valence-electron chi connectivity index (χ4n) is 2.57. The van der Waals surface area contributed by atoms with E-state index in [1.807, 2.05) is 19.0 Å². The Balaban J connectivity index is 1.98. The van der Waals surface area contributed by atoms with Gasteiger partial charge in [-0.05, 0) is 76.5 Å². The van der Waals surface area contributed by atoms with Crippen molar-refractivity contribution in [3.63, 3.8) is 0 Å². The highest BCUT2D eigenvalue weighted by molar-refractivity contribution is 7.89. The van der Waals surface area contributed by atoms with E-state index >= 15 is 0 Å². The number of likely N-dealkylation sites (N-methyl/N-ethyl adjacent to an activating group) is 2. The summed E-state index contributed by atoms with van der Waals surface area (Å²) in [6.45, 7) is 4.70. The van der Waals surface area contributed by atoms with Crippen LogP contribution in [-0.2, 0) is 14.8 Å². The Bertz CT molecular complexity index is 1070. The lowest BCUT2D eigenvalue weighted by Crippen LogP contribution is -2.42. The first kappa shape index (κ1) is 26.2. The van der Waals surface area contributed by atoms with Gasteiger partial charge in [-0.1, -0.05) is 5.92 Å². The van der Waals surface area contributed by atoms with Crippen LogP contribution in [0.4, 0.5) is 0 Å². The number of carbonyl (C=O) groups excluding carboxylic acids is 1. The summed E-state index contributed by atoms with van der Waals surface area (Å²) in [4.78, 5) is 14.6. The van der Waals surface area contributed by atoms with Gasteiger partial charge in [0.1, 0.15) is 36.5 Å². The highest BCUT2D eigenvalue weighted by atomic mass is 32.2. The molecule has 33 heavy (non-hydrogen) atoms. The third-order valence-corrected chi connectivity index (χ3v) is 6.67. The predicted molar refractivity (Wildman–Crippen MR) is 126 cm³/mol. The fraction of sp³-hybridized carbons (Fsp3) is 0.375. The molecule has 0 bridgehead atoms. The van der Waals surface area contributed by atoms with Crippen molar-refractivity contribution >= 4 is 16.0 Å². The first-order chi connectivity index (χ1) is 15.6. The first-order valence-electron chi connectivity index (χ1n) is 10.3. The molecule has 178 valence electrons. The van der Waals surface area contributed by atoms with Crippen LogP contribution in [-0.4, -0.2) is 70.5 Å². The van der Waals surface area contributed by atoms with Crippen LogP contribution in [0.1, 0.15) is 13.8 Å². The summed E-state index contributed by atoms with van der Waals surface area (Å²) in [6, 6.07) is 11.5. The molecule has 2 rings (SSSR count). The maximum Gasteiger partial charge on any atom is 0.329 e. The number of benzene rings is 2. The summed E-state index contributed by atoms with van der Waals surface area (Å²) < 4.78 is 43.2. The van der Waals surface area contributed by atoms with Gasteiger partial charge in [0.15, 0.2) is 0 Å². The van der Waals surface area contributed by atoms with Crippen molar-refractivity contribution in [3.05, 3.63) is 48.5 Å². The second kappa shape index (κ2) is 12.3. The van der Waals surface area contributed by atoms with Crippen LogP contribution in [0.2, 0.25) is 0 Å². The van der Waals surface area contributed by atoms with Gasteiger partial charge in [0.2, 0.25) is 10.0 Å². The zero-order valence-electron chi connectivity index (χ0n) is 19.6. The van der Waals surface area contributed by atoms with Crippen molar-refractivity contribution in [2.45, 2.75) is 24.8 Å². The average Bonchev–Trinajstić information content (AvgIpc) is 2.79. The lowest BCUT2D eigenvalue weighted by atomic mass is 10.3. The fourth-order valence-corrected chi connectivity index (χ4v) is 3.89. The summed E-state index contributed by atoms with van der Waals surface area (Å²) in [7, 11) is 1.33. The number of hydrogen-bond acceptors (Lipinski definition) is 7. The van der Waals surface area contributed by atoms with Crippen LogP contribution in [0.3, 0.4) is 0 Å². The molecule has 0 spiro atoms. The van der Waals surface area contributed by atoms with Crippen LogP contribution < -0.4 is 14.2 Å². The van der Waals surface area contributed by atoms with E-state index in [4.69, 9.17) is 14.2 Å². The molecule has 8 nitrogen and oxygen atoms in total. The molecule has 1 unspecified atom stereocenters. The lowest BCUT2D eigenvalue weighted by Gasteiger charge is -2.23. The van der Waals surface area contributed by atoms with Crippen molar-refractivity contribution < 1.29 is 27.4 Å². The third-order valence-electron chi connectivity index (χ3n) is 4.72. The lowest BCUT2D eigenvalue weighted by molar-refractivity contribution is -0.137. The summed E-state index contributed by atoms with van der Waals surface area (Å²) in [5.74, 6) is 6.24. The minimum Gasteiger partial charge on any atom is -0.492 e. The molecule has 2 aromatic carbocycles. The average molecular weight is 475 g/mol. The second-order valence-corrected chi connectivity index (χ2v) is 9.43. The van der Waals surface area contributed by atoms with E-state index < -0.39 is 22.0 Å². The zero-order valence-corrected chi connectivity index (χ0v) is 20.4. The molecule has 0 aliphatic rings. The molecule has 1 atom stereocenters. The van der Waals surface area contributed by atoms with Gasteiger partial charge in [-0.2, -0.15) is 4.31 Å². The molecule has 9 heteroatoms. The molecule has 0 saturated carbocycles. The van der Waals surface area contributed by atoms with E-state index in [0.29, 0.717) is 23.9 Å². The molecular weight excluding hydrogens is 444 g/mol. The molecular formula is C24H30N2O6S. The molecule has 2 aromatic rings. The van der Waals surface area contributed by atoms with E-state index in [9.17, 15) is 13.2 Å². The van der Waals surface area contributed by atoms with Crippen molar-refractivity contribution in [1.29, 1.82) is 0 Å². The largest absolute Gasteiger partial charge is 0.492 e. The van der Waals surface area contributed by atoms with E-state index in [2.05, 4.69) is 11.8 Å². The number of carbonyl (C=O) groups is 1. The Labute approximate surface area is 196 Å². The SMILES string of the molecule is CC#CCOc1ccc(S(=O)(=O)N(C)C(C)C(=O)Oc2ccc(OCCN(C)C)cc2)cc1. The molecule has 0 heterocycles. The predicted octanol–water partition coefficient (Wildman–Crippen LogP) is 2.64. The van der Waals surface area contributed by atoms with Crippen LogP contribution in [0.15, 0.2) is 53.4 Å². The highest BCUT2D eigenvalue weighted by Gasteiger charge is 2.31. The molecule has 0 N–H and O–H groups in total. The first-order valence-corrected chi connectivity index (χ1v) is 11.8. The molecule has 0 saturated heterocycles. The monoisotopic (exact) mass is 474 g/mol. The van der Waals surface area contributed by atoms with E-state index in [-0.39, 0.29) is 11.5 Å².